The average molecular weight is 655 g/mol. The second-order valence-corrected chi connectivity index (χ2v) is 13.8. The molecule has 4 aromatic carbocycles. The Kier molecular flexibility index (Phi) is 10.5. The summed E-state index contributed by atoms with van der Waals surface area (Å²) in [5, 5.41) is 2.64. The number of rotatable bonds is 7. The number of nitrogens with zero attached hydrogens (tertiary/aromatic N) is 1. The summed E-state index contributed by atoms with van der Waals surface area (Å²) in [6.45, 7) is 18.3. The number of halogens is 1. The molecule has 0 spiro atoms. The molecule has 1 saturated heterocycles. The number of aryl methyl sites for hydroxylation is 2. The first-order valence-corrected chi connectivity index (χ1v) is 17.9. The Morgan fingerprint density at radius 3 is 2.15 bits per heavy atom. The number of anilines is 1. The van der Waals surface area contributed by atoms with E-state index in [4.69, 9.17) is 14.4 Å². The summed E-state index contributed by atoms with van der Waals surface area (Å²) in [6, 6.07) is 30.4. The van der Waals surface area contributed by atoms with Gasteiger partial charge in [0.05, 0.1) is 0 Å². The summed E-state index contributed by atoms with van der Waals surface area (Å²) in [4.78, 5) is 2.58. The number of fused-ring (bicyclic) bond motifs is 1. The smallest absolute Gasteiger partial charge is 0.0140 e. The zero-order chi connectivity index (χ0) is 29.6. The van der Waals surface area contributed by atoms with Gasteiger partial charge in [-0.3, -0.25) is 0 Å². The molecule has 4 heteroatoms. The summed E-state index contributed by atoms with van der Waals surface area (Å²) in [6.07, 6.45) is 3.45. The van der Waals surface area contributed by atoms with Gasteiger partial charge in [-0.25, -0.2) is 6.54 Å². The first-order chi connectivity index (χ1) is 19.6. The summed E-state index contributed by atoms with van der Waals surface area (Å²) >= 11 is -0.191. The summed E-state index contributed by atoms with van der Waals surface area (Å²) in [5.74, 6) is 0.924. The van der Waals surface area contributed by atoms with E-state index in [2.05, 4.69) is 107 Å². The second kappa shape index (κ2) is 13.7. The van der Waals surface area contributed by atoms with Crippen LogP contribution >= 0.6 is 9.69 Å². The van der Waals surface area contributed by atoms with Crippen molar-refractivity contribution < 1.29 is 20.4 Å². The first kappa shape index (κ1) is 31.5. The molecule has 2 nitrogen and oxygen atoms in total. The topological polar surface area (TPSA) is 12.5 Å². The molecule has 1 unspecified atom stereocenters. The third-order valence-electron chi connectivity index (χ3n) is 7.91. The van der Waals surface area contributed by atoms with Crippen molar-refractivity contribution in [2.24, 2.45) is 0 Å². The quantitative estimate of drug-likeness (QED) is 0.145. The van der Waals surface area contributed by atoms with Crippen LogP contribution in [0.4, 0.5) is 5.69 Å². The van der Waals surface area contributed by atoms with Crippen LogP contribution < -0.4 is 9.64 Å². The molecule has 1 atom stereocenters. The first-order valence-electron chi connectivity index (χ1n) is 14.7. The maximum atomic E-state index is 5.72. The number of hydrogen-bond acceptors (Lipinski definition) is 2. The molecule has 0 amide bonds. The summed E-state index contributed by atoms with van der Waals surface area (Å²) in [7, 11) is 5.72. The Hall–Kier alpha value is -2.48. The fourth-order valence-electron chi connectivity index (χ4n) is 6.07. The van der Waals surface area contributed by atoms with E-state index in [1.165, 1.54) is 33.2 Å². The minimum Gasteiger partial charge on any atom is -0.517 e. The molecule has 0 aliphatic carbocycles. The van der Waals surface area contributed by atoms with Crippen LogP contribution in [0.3, 0.4) is 0 Å². The molecule has 1 heterocycles. The number of benzene rings is 4. The van der Waals surface area contributed by atoms with Crippen molar-refractivity contribution in [3.63, 3.8) is 0 Å². The minimum atomic E-state index is -0.191. The van der Waals surface area contributed by atoms with E-state index in [1.54, 1.807) is 0 Å². The maximum Gasteiger partial charge on any atom is 0.0140 e. The Labute approximate surface area is 259 Å². The molecule has 0 aromatic heterocycles. The van der Waals surface area contributed by atoms with E-state index < -0.39 is 0 Å². The van der Waals surface area contributed by atoms with Crippen LogP contribution in [0.25, 0.3) is 10.8 Å². The number of para-hydroxylation sites is 2. The predicted octanol–water partition coefficient (Wildman–Crippen LogP) is 9.93. The average Bonchev–Trinajstić information content (AvgIpc) is 3.22. The molecule has 0 N–H and O–H groups in total. The largest absolute Gasteiger partial charge is 0.517 e. The van der Waals surface area contributed by atoms with Crippen molar-refractivity contribution >= 4 is 30.8 Å². The molecule has 41 heavy (non-hydrogen) atoms. The minimum absolute atomic E-state index is 0.0272. The molecule has 0 radical (unpaired) electrons. The standard InChI is InChI=1S/C27H32N.C10H12O.ClH.Ru/c1-6-20-13-10-14-21(7-2)25(20)28-19-27(5,18-26(28,3)4)24-16-15-22-11-8-9-12-23(22)17-24;1-8(2)11-10-7-5-4-6-9(10)3;;/h8-17,19H,6-7,18H2,1-5H3;3-8H,1-2H3;1H;/q-1;;;+1/p-1. The van der Waals surface area contributed by atoms with Gasteiger partial charge in [-0.1, -0.05) is 87.0 Å². The third-order valence-corrected chi connectivity index (χ3v) is 9.10. The van der Waals surface area contributed by atoms with Gasteiger partial charge in [-0.2, -0.15) is 0 Å². The van der Waals surface area contributed by atoms with Gasteiger partial charge in [0.25, 0.3) is 0 Å². The summed E-state index contributed by atoms with van der Waals surface area (Å²) < 4.78 is 7.66. The van der Waals surface area contributed by atoms with E-state index in [0.29, 0.717) is 0 Å². The fourth-order valence-corrected chi connectivity index (χ4v) is 7.18. The van der Waals surface area contributed by atoms with Crippen LogP contribution in [0.1, 0.15) is 77.1 Å². The SMILES string of the molecule is CC(C)Oc1ccccc1[CH]=[Ru][Cl].CCc1cccc(CC)c1N1[CH-]C(C)(c2ccc3ccccc3c2)CC1(C)C. The molecular formula is C37H44ClNORu-. The maximum absolute atomic E-state index is 5.72. The second-order valence-electron chi connectivity index (χ2n) is 12.0. The van der Waals surface area contributed by atoms with Gasteiger partial charge >= 0.3 is 90.3 Å². The van der Waals surface area contributed by atoms with Gasteiger partial charge in [0.2, 0.25) is 0 Å². The molecule has 5 rings (SSSR count). The van der Waals surface area contributed by atoms with Crippen molar-refractivity contribution in [2.75, 3.05) is 4.90 Å². The van der Waals surface area contributed by atoms with Crippen LogP contribution in [-0.2, 0) is 33.9 Å². The monoisotopic (exact) mass is 655 g/mol. The summed E-state index contributed by atoms with van der Waals surface area (Å²) in [5.41, 5.74) is 6.95. The Morgan fingerprint density at radius 1 is 0.878 bits per heavy atom. The Bertz CT molecular complexity index is 1470. The predicted molar refractivity (Wildman–Crippen MR) is 175 cm³/mol. The van der Waals surface area contributed by atoms with Gasteiger partial charge in [0, 0.05) is 11.2 Å². The van der Waals surface area contributed by atoms with Crippen molar-refractivity contribution in [2.45, 2.75) is 84.8 Å². The van der Waals surface area contributed by atoms with Crippen molar-refractivity contribution in [3.05, 3.63) is 114 Å². The van der Waals surface area contributed by atoms with Crippen LogP contribution in [0, 0.1) is 6.54 Å². The van der Waals surface area contributed by atoms with E-state index in [9.17, 15) is 0 Å². The molecule has 4 aromatic rings. The fraction of sp³-hybridized carbons (Fsp3) is 0.351. The van der Waals surface area contributed by atoms with Gasteiger partial charge < -0.3 is 4.90 Å². The molecular weight excluding hydrogens is 611 g/mol. The van der Waals surface area contributed by atoms with Crippen LogP contribution in [-0.4, -0.2) is 16.3 Å². The van der Waals surface area contributed by atoms with E-state index in [1.807, 2.05) is 42.7 Å². The Morgan fingerprint density at radius 2 is 1.51 bits per heavy atom. The third kappa shape index (κ3) is 7.30. The Balaban J connectivity index is 0.000000251. The van der Waals surface area contributed by atoms with Crippen LogP contribution in [0.5, 0.6) is 5.75 Å². The molecule has 1 fully saturated rings. The van der Waals surface area contributed by atoms with Crippen molar-refractivity contribution in [1.82, 2.24) is 0 Å². The van der Waals surface area contributed by atoms with Gasteiger partial charge in [-0.05, 0) is 55.0 Å². The van der Waals surface area contributed by atoms with Crippen LogP contribution in [0.2, 0.25) is 0 Å². The normalized spacial score (nSPS) is 18.3. The molecule has 0 saturated carbocycles. The van der Waals surface area contributed by atoms with E-state index in [0.717, 1.165) is 30.6 Å². The van der Waals surface area contributed by atoms with Crippen molar-refractivity contribution in [3.8, 4) is 5.75 Å². The van der Waals surface area contributed by atoms with E-state index in [-0.39, 0.29) is 32.7 Å². The molecule has 1 aliphatic heterocycles. The number of hydrogen-bond donors (Lipinski definition) is 0. The molecule has 1 aliphatic rings. The molecule has 0 bridgehead atoms. The van der Waals surface area contributed by atoms with Gasteiger partial charge in [-0.15, -0.1) is 5.41 Å². The number of ether oxygens (including phenoxy) is 1. The van der Waals surface area contributed by atoms with E-state index >= 15 is 0 Å². The zero-order valence-electron chi connectivity index (χ0n) is 25.5. The molecule has 219 valence electrons. The van der Waals surface area contributed by atoms with Gasteiger partial charge in [0.1, 0.15) is 0 Å². The van der Waals surface area contributed by atoms with Crippen molar-refractivity contribution in [1.29, 1.82) is 0 Å². The zero-order valence-corrected chi connectivity index (χ0v) is 28.0. The van der Waals surface area contributed by atoms with Gasteiger partial charge in [0.15, 0.2) is 0 Å². The van der Waals surface area contributed by atoms with Crippen LogP contribution in [0.15, 0.2) is 84.9 Å².